The second-order valence-corrected chi connectivity index (χ2v) is 6.36. The number of rotatable bonds is 4. The molecule has 6 nitrogen and oxygen atoms in total. The van der Waals surface area contributed by atoms with Crippen LogP contribution in [0.5, 0.6) is 11.5 Å². The molecule has 0 spiro atoms. The van der Waals surface area contributed by atoms with Gasteiger partial charge in [-0.25, -0.2) is 0 Å². The van der Waals surface area contributed by atoms with E-state index in [4.69, 9.17) is 14.2 Å². The third-order valence-corrected chi connectivity index (χ3v) is 4.78. The monoisotopic (exact) mass is 342 g/mol. The summed E-state index contributed by atoms with van der Waals surface area (Å²) in [6.07, 6.45) is 2.95. The molecule has 3 heterocycles. The van der Waals surface area contributed by atoms with Crippen LogP contribution in [0.3, 0.4) is 0 Å². The van der Waals surface area contributed by atoms with Crippen LogP contribution < -0.4 is 9.47 Å². The van der Waals surface area contributed by atoms with Crippen LogP contribution in [0.4, 0.5) is 0 Å². The Kier molecular flexibility index (Phi) is 4.36. The summed E-state index contributed by atoms with van der Waals surface area (Å²) >= 11 is 0. The Balaban J connectivity index is 1.61. The maximum Gasteiger partial charge on any atom is 0.258 e. The van der Waals surface area contributed by atoms with E-state index in [9.17, 15) is 4.79 Å². The Morgan fingerprint density at radius 3 is 3.00 bits per heavy atom. The highest BCUT2D eigenvalue weighted by molar-refractivity contribution is 5.98. The number of aromatic nitrogens is 1. The SMILES string of the molecule is COCC[C@@H]1CN(C(=O)c2cccc3c2OCCO3)Cc2cccn21. The highest BCUT2D eigenvalue weighted by Gasteiger charge is 2.30. The Morgan fingerprint density at radius 2 is 2.12 bits per heavy atom. The zero-order valence-electron chi connectivity index (χ0n) is 14.3. The third kappa shape index (κ3) is 2.98. The lowest BCUT2D eigenvalue weighted by molar-refractivity contribution is 0.0644. The van der Waals surface area contributed by atoms with Gasteiger partial charge in [0.2, 0.25) is 0 Å². The number of amides is 1. The predicted molar refractivity (Wildman–Crippen MR) is 92.1 cm³/mol. The highest BCUT2D eigenvalue weighted by atomic mass is 16.6. The van der Waals surface area contributed by atoms with Gasteiger partial charge in [0.15, 0.2) is 11.5 Å². The number of carbonyl (C=O) groups excluding carboxylic acids is 1. The number of nitrogens with zero attached hydrogens (tertiary/aromatic N) is 2. The molecule has 0 fully saturated rings. The van der Waals surface area contributed by atoms with Crippen molar-refractivity contribution in [2.24, 2.45) is 0 Å². The van der Waals surface area contributed by atoms with Gasteiger partial charge in [0.25, 0.3) is 5.91 Å². The van der Waals surface area contributed by atoms with Crippen LogP contribution in [0.1, 0.15) is 28.5 Å². The fourth-order valence-corrected chi connectivity index (χ4v) is 3.57. The smallest absolute Gasteiger partial charge is 0.258 e. The maximum absolute atomic E-state index is 13.2. The molecule has 4 rings (SSSR count). The summed E-state index contributed by atoms with van der Waals surface area (Å²) in [5, 5.41) is 0. The number of para-hydroxylation sites is 1. The molecule has 1 amide bonds. The van der Waals surface area contributed by atoms with Crippen molar-refractivity contribution in [1.82, 2.24) is 9.47 Å². The minimum atomic E-state index is -0.0165. The first-order chi connectivity index (χ1) is 12.3. The number of hydrogen-bond acceptors (Lipinski definition) is 4. The number of methoxy groups -OCH3 is 1. The number of fused-ring (bicyclic) bond motifs is 2. The van der Waals surface area contributed by atoms with Gasteiger partial charge >= 0.3 is 0 Å². The van der Waals surface area contributed by atoms with Gasteiger partial charge < -0.3 is 23.7 Å². The predicted octanol–water partition coefficient (Wildman–Crippen LogP) is 2.49. The zero-order valence-corrected chi connectivity index (χ0v) is 14.3. The van der Waals surface area contributed by atoms with Crippen molar-refractivity contribution in [2.75, 3.05) is 33.5 Å². The summed E-state index contributed by atoms with van der Waals surface area (Å²) in [6.45, 7) is 2.91. The molecule has 0 bridgehead atoms. The molecule has 25 heavy (non-hydrogen) atoms. The molecule has 0 aliphatic carbocycles. The fourth-order valence-electron chi connectivity index (χ4n) is 3.57. The Labute approximate surface area is 146 Å². The van der Waals surface area contributed by atoms with Gasteiger partial charge in [-0.2, -0.15) is 0 Å². The lowest BCUT2D eigenvalue weighted by Gasteiger charge is -2.35. The highest BCUT2D eigenvalue weighted by Crippen LogP contribution is 2.35. The molecule has 6 heteroatoms. The fraction of sp³-hybridized carbons (Fsp3) is 0.421. The van der Waals surface area contributed by atoms with Gasteiger partial charge in [0.1, 0.15) is 13.2 Å². The van der Waals surface area contributed by atoms with Gasteiger partial charge in [0.05, 0.1) is 18.2 Å². The second-order valence-electron chi connectivity index (χ2n) is 6.36. The summed E-state index contributed by atoms with van der Waals surface area (Å²) in [5.74, 6) is 1.19. The molecule has 1 atom stereocenters. The van der Waals surface area contributed by atoms with Crippen LogP contribution in [-0.4, -0.2) is 48.8 Å². The molecule has 132 valence electrons. The van der Waals surface area contributed by atoms with E-state index in [-0.39, 0.29) is 11.9 Å². The first-order valence-corrected chi connectivity index (χ1v) is 8.60. The second kappa shape index (κ2) is 6.80. The van der Waals surface area contributed by atoms with Gasteiger partial charge in [-0.05, 0) is 30.7 Å². The van der Waals surface area contributed by atoms with E-state index >= 15 is 0 Å². The summed E-state index contributed by atoms with van der Waals surface area (Å²) in [4.78, 5) is 15.1. The molecule has 0 radical (unpaired) electrons. The van der Waals surface area contributed by atoms with E-state index in [1.54, 1.807) is 7.11 Å². The van der Waals surface area contributed by atoms with Crippen molar-refractivity contribution in [3.63, 3.8) is 0 Å². The van der Waals surface area contributed by atoms with Crippen LogP contribution in [0, 0.1) is 0 Å². The van der Waals surface area contributed by atoms with E-state index in [2.05, 4.69) is 16.8 Å². The van der Waals surface area contributed by atoms with Crippen LogP contribution in [-0.2, 0) is 11.3 Å². The van der Waals surface area contributed by atoms with E-state index in [0.717, 1.165) is 12.1 Å². The number of hydrogen-bond donors (Lipinski definition) is 0. The molecule has 0 N–H and O–H groups in total. The first kappa shape index (κ1) is 16.0. The summed E-state index contributed by atoms with van der Waals surface area (Å²) in [6, 6.07) is 9.82. The minimum Gasteiger partial charge on any atom is -0.486 e. The van der Waals surface area contributed by atoms with Gasteiger partial charge in [0, 0.05) is 32.2 Å². The van der Waals surface area contributed by atoms with Crippen molar-refractivity contribution in [3.05, 3.63) is 47.8 Å². The average molecular weight is 342 g/mol. The van der Waals surface area contributed by atoms with Crippen LogP contribution in [0.25, 0.3) is 0 Å². The van der Waals surface area contributed by atoms with E-state index < -0.39 is 0 Å². The molecule has 2 aliphatic heterocycles. The van der Waals surface area contributed by atoms with Crippen molar-refractivity contribution in [2.45, 2.75) is 19.0 Å². The van der Waals surface area contributed by atoms with Crippen LogP contribution in [0.15, 0.2) is 36.5 Å². The molecule has 2 aromatic rings. The quantitative estimate of drug-likeness (QED) is 0.857. The standard InChI is InChI=1S/C19H22N2O4/c1-23-9-7-15-13-20(12-14-4-3-8-21(14)15)19(22)16-5-2-6-17-18(16)25-11-10-24-17/h2-6,8,15H,7,9-13H2,1H3/t15-/m1/s1. The van der Waals surface area contributed by atoms with Gasteiger partial charge in [-0.15, -0.1) is 0 Å². The molecule has 0 saturated carbocycles. The topological polar surface area (TPSA) is 52.9 Å². The molecule has 0 unspecified atom stereocenters. The van der Waals surface area contributed by atoms with Crippen molar-refractivity contribution >= 4 is 5.91 Å². The molecular weight excluding hydrogens is 320 g/mol. The lowest BCUT2D eigenvalue weighted by Crippen LogP contribution is -2.41. The van der Waals surface area contributed by atoms with Crippen molar-refractivity contribution < 1.29 is 19.0 Å². The first-order valence-electron chi connectivity index (χ1n) is 8.60. The van der Waals surface area contributed by atoms with Crippen molar-refractivity contribution in [1.29, 1.82) is 0 Å². The van der Waals surface area contributed by atoms with E-state index in [0.29, 0.717) is 50.0 Å². The number of ether oxygens (including phenoxy) is 3. The van der Waals surface area contributed by atoms with Crippen LogP contribution >= 0.6 is 0 Å². The average Bonchev–Trinajstić information content (AvgIpc) is 3.13. The number of benzene rings is 1. The van der Waals surface area contributed by atoms with E-state index in [1.807, 2.05) is 29.2 Å². The van der Waals surface area contributed by atoms with Gasteiger partial charge in [-0.3, -0.25) is 4.79 Å². The summed E-state index contributed by atoms with van der Waals surface area (Å²) < 4.78 is 18.8. The number of carbonyl (C=O) groups is 1. The normalized spacial score (nSPS) is 18.8. The summed E-state index contributed by atoms with van der Waals surface area (Å²) in [7, 11) is 1.70. The Morgan fingerprint density at radius 1 is 1.24 bits per heavy atom. The molecule has 0 saturated heterocycles. The molecule has 2 aliphatic rings. The minimum absolute atomic E-state index is 0.0165. The maximum atomic E-state index is 13.2. The zero-order chi connectivity index (χ0) is 17.2. The third-order valence-electron chi connectivity index (χ3n) is 4.78. The van der Waals surface area contributed by atoms with Gasteiger partial charge in [-0.1, -0.05) is 6.07 Å². The van der Waals surface area contributed by atoms with E-state index in [1.165, 1.54) is 0 Å². The Hall–Kier alpha value is -2.47. The Bertz CT molecular complexity index is 771. The van der Waals surface area contributed by atoms with Crippen LogP contribution in [0.2, 0.25) is 0 Å². The van der Waals surface area contributed by atoms with Crippen molar-refractivity contribution in [3.8, 4) is 11.5 Å². The lowest BCUT2D eigenvalue weighted by atomic mass is 10.1. The molecule has 1 aromatic heterocycles. The molecular formula is C19H22N2O4. The summed E-state index contributed by atoms with van der Waals surface area (Å²) in [5.41, 5.74) is 1.71. The largest absolute Gasteiger partial charge is 0.486 e. The molecule has 1 aromatic carbocycles.